The van der Waals surface area contributed by atoms with Crippen LogP contribution in [0.15, 0.2) is 47.0 Å². The summed E-state index contributed by atoms with van der Waals surface area (Å²) in [7, 11) is 1.60. The van der Waals surface area contributed by atoms with Crippen molar-refractivity contribution >= 4 is 40.0 Å². The standard InChI is InChI=1S/C20H15Cl2FN4O2/c1-27(20(28)14-10-13(23)3-4-15(14)22)7-6-18-25-19(29-26-18)17-9-11-8-12(21)2-5-16(11)24-17/h2-5,8-10,24H,6-7H2,1H3. The summed E-state index contributed by atoms with van der Waals surface area (Å²) in [5.74, 6) is -0.115. The maximum atomic E-state index is 13.4. The third-order valence-corrected chi connectivity index (χ3v) is 5.02. The Hall–Kier alpha value is -2.90. The smallest absolute Gasteiger partial charge is 0.274 e. The molecule has 0 saturated carbocycles. The van der Waals surface area contributed by atoms with E-state index in [9.17, 15) is 9.18 Å². The zero-order valence-electron chi connectivity index (χ0n) is 15.2. The highest BCUT2D eigenvalue weighted by atomic mass is 35.5. The van der Waals surface area contributed by atoms with Crippen LogP contribution in [0.3, 0.4) is 0 Å². The number of hydrogen-bond donors (Lipinski definition) is 1. The zero-order valence-corrected chi connectivity index (χ0v) is 16.8. The molecule has 6 nitrogen and oxygen atoms in total. The topological polar surface area (TPSA) is 75.0 Å². The number of halogens is 3. The zero-order chi connectivity index (χ0) is 20.5. The second-order valence-corrected chi connectivity index (χ2v) is 7.37. The van der Waals surface area contributed by atoms with Gasteiger partial charge in [0.05, 0.1) is 10.6 Å². The number of carbonyl (C=O) groups excluding carboxylic acids is 1. The van der Waals surface area contributed by atoms with Crippen molar-refractivity contribution in [3.8, 4) is 11.6 Å². The number of aromatic amines is 1. The van der Waals surface area contributed by atoms with Crippen molar-refractivity contribution in [2.45, 2.75) is 6.42 Å². The Bertz CT molecular complexity index is 1200. The van der Waals surface area contributed by atoms with E-state index in [0.29, 0.717) is 35.4 Å². The summed E-state index contributed by atoms with van der Waals surface area (Å²) >= 11 is 12.0. The predicted octanol–water partition coefficient (Wildman–Crippen LogP) is 4.98. The van der Waals surface area contributed by atoms with Crippen LogP contribution in [0.2, 0.25) is 10.0 Å². The molecule has 0 saturated heterocycles. The van der Waals surface area contributed by atoms with E-state index >= 15 is 0 Å². The Kier molecular flexibility index (Phi) is 5.25. The number of rotatable bonds is 5. The average molecular weight is 433 g/mol. The highest BCUT2D eigenvalue weighted by Gasteiger charge is 2.18. The molecule has 1 N–H and O–H groups in total. The number of likely N-dealkylation sites (N-methyl/N-ethyl adjacent to an activating group) is 1. The van der Waals surface area contributed by atoms with Crippen LogP contribution in [0.1, 0.15) is 16.2 Å². The number of carbonyl (C=O) groups is 1. The summed E-state index contributed by atoms with van der Waals surface area (Å²) in [5, 5.41) is 5.73. The van der Waals surface area contributed by atoms with E-state index in [0.717, 1.165) is 17.0 Å². The van der Waals surface area contributed by atoms with Crippen molar-refractivity contribution in [2.24, 2.45) is 0 Å². The largest absolute Gasteiger partial charge is 0.351 e. The lowest BCUT2D eigenvalue weighted by Crippen LogP contribution is -2.29. The number of nitrogens with zero attached hydrogens (tertiary/aromatic N) is 3. The lowest BCUT2D eigenvalue weighted by Gasteiger charge is -2.17. The minimum Gasteiger partial charge on any atom is -0.351 e. The Balaban J connectivity index is 1.44. The number of benzene rings is 2. The van der Waals surface area contributed by atoms with Gasteiger partial charge in [-0.05, 0) is 42.5 Å². The Labute approximate surface area is 175 Å². The quantitative estimate of drug-likeness (QED) is 0.482. The fourth-order valence-corrected chi connectivity index (χ4v) is 3.30. The summed E-state index contributed by atoms with van der Waals surface area (Å²) in [6.07, 6.45) is 0.366. The molecule has 1 amide bonds. The first-order valence-corrected chi connectivity index (χ1v) is 9.48. The number of aromatic nitrogens is 3. The summed E-state index contributed by atoms with van der Waals surface area (Å²) in [5.41, 5.74) is 1.69. The number of hydrogen-bond acceptors (Lipinski definition) is 4. The molecule has 0 unspecified atom stereocenters. The second kappa shape index (κ2) is 7.85. The van der Waals surface area contributed by atoms with Crippen LogP contribution in [-0.4, -0.2) is 39.5 Å². The SMILES string of the molecule is CN(CCc1noc(-c2cc3cc(Cl)ccc3[nH]2)n1)C(=O)c1cc(F)ccc1Cl. The third kappa shape index (κ3) is 4.11. The normalized spacial score (nSPS) is 11.2. The van der Waals surface area contributed by atoms with E-state index in [-0.39, 0.29) is 16.5 Å². The molecule has 148 valence electrons. The van der Waals surface area contributed by atoms with Gasteiger partial charge in [0.2, 0.25) is 0 Å². The average Bonchev–Trinajstić information content (AvgIpc) is 3.33. The van der Waals surface area contributed by atoms with Crippen molar-refractivity contribution in [1.29, 1.82) is 0 Å². The van der Waals surface area contributed by atoms with Crippen molar-refractivity contribution in [2.75, 3.05) is 13.6 Å². The Morgan fingerprint density at radius 3 is 2.86 bits per heavy atom. The number of amides is 1. The van der Waals surface area contributed by atoms with Gasteiger partial charge in [0, 0.05) is 35.9 Å². The fraction of sp³-hybridized carbons (Fsp3) is 0.150. The Morgan fingerprint density at radius 2 is 2.03 bits per heavy atom. The molecule has 0 aliphatic rings. The van der Waals surface area contributed by atoms with E-state index < -0.39 is 5.82 Å². The molecule has 0 aliphatic heterocycles. The molecule has 2 aromatic heterocycles. The maximum Gasteiger partial charge on any atom is 0.274 e. The number of fused-ring (bicyclic) bond motifs is 1. The number of H-pyrrole nitrogens is 1. The van der Waals surface area contributed by atoms with Crippen molar-refractivity contribution in [3.63, 3.8) is 0 Å². The van der Waals surface area contributed by atoms with E-state index in [1.807, 2.05) is 18.2 Å². The van der Waals surface area contributed by atoms with Gasteiger partial charge in [-0.3, -0.25) is 4.79 Å². The summed E-state index contributed by atoms with van der Waals surface area (Å²) in [6.45, 7) is 0.312. The molecule has 4 rings (SSSR count). The van der Waals surface area contributed by atoms with Gasteiger partial charge < -0.3 is 14.4 Å². The molecule has 9 heteroatoms. The van der Waals surface area contributed by atoms with E-state index in [2.05, 4.69) is 15.1 Å². The molecule has 2 heterocycles. The first kappa shape index (κ1) is 19.4. The highest BCUT2D eigenvalue weighted by molar-refractivity contribution is 6.33. The molecule has 0 spiro atoms. The fourth-order valence-electron chi connectivity index (χ4n) is 2.92. The van der Waals surface area contributed by atoms with Crippen LogP contribution in [-0.2, 0) is 6.42 Å². The van der Waals surface area contributed by atoms with Crippen LogP contribution in [0.5, 0.6) is 0 Å². The molecule has 0 fully saturated rings. The minimum atomic E-state index is -0.520. The van der Waals surface area contributed by atoms with Crippen molar-refractivity contribution in [1.82, 2.24) is 20.0 Å². The second-order valence-electron chi connectivity index (χ2n) is 6.53. The molecular formula is C20H15Cl2FN4O2. The molecule has 29 heavy (non-hydrogen) atoms. The lowest BCUT2D eigenvalue weighted by atomic mass is 10.2. The van der Waals surface area contributed by atoms with E-state index in [4.69, 9.17) is 27.7 Å². The molecule has 2 aromatic carbocycles. The van der Waals surface area contributed by atoms with Gasteiger partial charge in [-0.1, -0.05) is 28.4 Å². The molecule has 0 radical (unpaired) electrons. The monoisotopic (exact) mass is 432 g/mol. The van der Waals surface area contributed by atoms with Gasteiger partial charge in [0.15, 0.2) is 5.82 Å². The van der Waals surface area contributed by atoms with Crippen LogP contribution < -0.4 is 0 Å². The summed E-state index contributed by atoms with van der Waals surface area (Å²) in [6, 6.07) is 11.1. The predicted molar refractivity (Wildman–Crippen MR) is 109 cm³/mol. The van der Waals surface area contributed by atoms with Crippen molar-refractivity contribution < 1.29 is 13.7 Å². The van der Waals surface area contributed by atoms with Crippen LogP contribution >= 0.6 is 23.2 Å². The summed E-state index contributed by atoms with van der Waals surface area (Å²) < 4.78 is 18.7. The molecule has 0 aliphatic carbocycles. The van der Waals surface area contributed by atoms with Crippen LogP contribution in [0.25, 0.3) is 22.5 Å². The van der Waals surface area contributed by atoms with Crippen LogP contribution in [0, 0.1) is 5.82 Å². The Morgan fingerprint density at radius 1 is 1.21 bits per heavy atom. The molecular weight excluding hydrogens is 418 g/mol. The minimum absolute atomic E-state index is 0.111. The molecule has 4 aromatic rings. The third-order valence-electron chi connectivity index (χ3n) is 4.46. The van der Waals surface area contributed by atoms with Gasteiger partial charge in [-0.25, -0.2) is 4.39 Å². The molecule has 0 atom stereocenters. The van der Waals surface area contributed by atoms with Crippen molar-refractivity contribution in [3.05, 3.63) is 69.7 Å². The maximum absolute atomic E-state index is 13.4. The van der Waals surface area contributed by atoms with Gasteiger partial charge in [0.1, 0.15) is 11.5 Å². The lowest BCUT2D eigenvalue weighted by molar-refractivity contribution is 0.0795. The first-order chi connectivity index (χ1) is 13.9. The van der Waals surface area contributed by atoms with Gasteiger partial charge in [-0.15, -0.1) is 0 Å². The molecule has 0 bridgehead atoms. The number of nitrogens with one attached hydrogen (secondary N) is 1. The van der Waals surface area contributed by atoms with Gasteiger partial charge in [-0.2, -0.15) is 4.98 Å². The first-order valence-electron chi connectivity index (χ1n) is 8.72. The van der Waals surface area contributed by atoms with E-state index in [1.54, 1.807) is 13.1 Å². The van der Waals surface area contributed by atoms with Gasteiger partial charge in [0.25, 0.3) is 11.8 Å². The van der Waals surface area contributed by atoms with Gasteiger partial charge >= 0.3 is 0 Å². The highest BCUT2D eigenvalue weighted by Crippen LogP contribution is 2.25. The van der Waals surface area contributed by atoms with Crippen LogP contribution in [0.4, 0.5) is 4.39 Å². The summed E-state index contributed by atoms with van der Waals surface area (Å²) in [4.78, 5) is 21.5. The van der Waals surface area contributed by atoms with E-state index in [1.165, 1.54) is 17.0 Å².